The predicted molar refractivity (Wildman–Crippen MR) is 75.4 cm³/mol. The summed E-state index contributed by atoms with van der Waals surface area (Å²) in [4.78, 5) is 36.0. The summed E-state index contributed by atoms with van der Waals surface area (Å²) in [5, 5.41) is 12.0. The van der Waals surface area contributed by atoms with E-state index in [4.69, 9.17) is 10.8 Å². The molecule has 7 heteroatoms. The van der Waals surface area contributed by atoms with Crippen molar-refractivity contribution < 1.29 is 19.5 Å². The zero-order chi connectivity index (χ0) is 15.4. The Morgan fingerprint density at radius 1 is 1.05 bits per heavy atom. The number of hydrogen-bond acceptors (Lipinski definition) is 3. The first-order chi connectivity index (χ1) is 9.97. The van der Waals surface area contributed by atoms with Crippen molar-refractivity contribution in [1.82, 2.24) is 10.2 Å². The lowest BCUT2D eigenvalue weighted by molar-refractivity contribution is -0.143. The highest BCUT2D eigenvalue weighted by atomic mass is 16.4. The molecule has 2 atom stereocenters. The minimum absolute atomic E-state index is 0.0683. The highest BCUT2D eigenvalue weighted by Crippen LogP contribution is 2.25. The molecule has 4 N–H and O–H groups in total. The van der Waals surface area contributed by atoms with Gasteiger partial charge in [0.05, 0.1) is 5.92 Å². The lowest BCUT2D eigenvalue weighted by Gasteiger charge is -2.33. The van der Waals surface area contributed by atoms with E-state index >= 15 is 0 Å². The first-order valence-electron chi connectivity index (χ1n) is 7.55. The monoisotopic (exact) mass is 297 g/mol. The molecule has 1 saturated heterocycles. The largest absolute Gasteiger partial charge is 0.481 e. The number of amides is 3. The van der Waals surface area contributed by atoms with E-state index < -0.39 is 5.97 Å². The summed E-state index contributed by atoms with van der Waals surface area (Å²) < 4.78 is 0. The van der Waals surface area contributed by atoms with Crippen LogP contribution in [0, 0.1) is 11.8 Å². The zero-order valence-corrected chi connectivity index (χ0v) is 12.1. The fourth-order valence-electron chi connectivity index (χ4n) is 3.18. The van der Waals surface area contributed by atoms with Gasteiger partial charge in [-0.05, 0) is 32.1 Å². The third-order valence-electron chi connectivity index (χ3n) is 4.54. The summed E-state index contributed by atoms with van der Waals surface area (Å²) in [6.45, 7) is 1.04. The van der Waals surface area contributed by atoms with Crippen molar-refractivity contribution in [3.8, 4) is 0 Å². The van der Waals surface area contributed by atoms with E-state index in [-0.39, 0.29) is 29.8 Å². The molecule has 2 unspecified atom stereocenters. The van der Waals surface area contributed by atoms with Gasteiger partial charge in [-0.3, -0.25) is 9.59 Å². The molecule has 0 spiro atoms. The molecule has 0 aromatic rings. The molecule has 1 saturated carbocycles. The van der Waals surface area contributed by atoms with Crippen LogP contribution in [0.4, 0.5) is 4.79 Å². The van der Waals surface area contributed by atoms with Gasteiger partial charge in [0.1, 0.15) is 0 Å². The molecule has 2 aliphatic rings. The number of urea groups is 1. The van der Waals surface area contributed by atoms with E-state index in [1.165, 1.54) is 0 Å². The second-order valence-electron chi connectivity index (χ2n) is 6.01. The van der Waals surface area contributed by atoms with Crippen LogP contribution in [-0.2, 0) is 9.59 Å². The lowest BCUT2D eigenvalue weighted by Crippen LogP contribution is -2.50. The van der Waals surface area contributed by atoms with Crippen LogP contribution < -0.4 is 11.1 Å². The molecular weight excluding hydrogens is 274 g/mol. The normalized spacial score (nSPS) is 27.1. The highest BCUT2D eigenvalue weighted by Gasteiger charge is 2.30. The molecule has 3 amide bonds. The molecule has 1 aliphatic heterocycles. The van der Waals surface area contributed by atoms with Gasteiger partial charge in [-0.15, -0.1) is 0 Å². The Kier molecular flexibility index (Phi) is 5.03. The predicted octanol–water partition coefficient (Wildman–Crippen LogP) is 0.537. The van der Waals surface area contributed by atoms with Crippen LogP contribution in [0.1, 0.15) is 38.5 Å². The zero-order valence-electron chi connectivity index (χ0n) is 12.1. The Morgan fingerprint density at radius 2 is 1.71 bits per heavy atom. The topological polar surface area (TPSA) is 113 Å². The third kappa shape index (κ3) is 4.09. The third-order valence-corrected chi connectivity index (χ3v) is 4.54. The molecule has 0 bridgehead atoms. The van der Waals surface area contributed by atoms with Crippen molar-refractivity contribution >= 4 is 17.9 Å². The average Bonchev–Trinajstić information content (AvgIpc) is 2.47. The highest BCUT2D eigenvalue weighted by molar-refractivity contribution is 5.78. The number of hydrogen-bond donors (Lipinski definition) is 3. The van der Waals surface area contributed by atoms with Crippen molar-refractivity contribution in [1.29, 1.82) is 0 Å². The summed E-state index contributed by atoms with van der Waals surface area (Å²) in [5.41, 5.74) is 5.27. The number of carboxylic acid groups (broad SMARTS) is 1. The molecule has 2 rings (SSSR count). The Bertz CT molecular complexity index is 418. The quantitative estimate of drug-likeness (QED) is 0.705. The Balaban J connectivity index is 1.79. The van der Waals surface area contributed by atoms with Crippen molar-refractivity contribution in [2.24, 2.45) is 17.6 Å². The minimum atomic E-state index is -0.781. The number of piperidine rings is 1. The summed E-state index contributed by atoms with van der Waals surface area (Å²) in [6, 6.07) is -0.227. The van der Waals surface area contributed by atoms with E-state index in [9.17, 15) is 14.4 Å². The van der Waals surface area contributed by atoms with Crippen molar-refractivity contribution in [3.05, 3.63) is 0 Å². The Hall–Kier alpha value is -1.79. The number of likely N-dealkylation sites (tertiary alicyclic amines) is 1. The van der Waals surface area contributed by atoms with Gasteiger partial charge in [0, 0.05) is 25.0 Å². The number of nitrogens with zero attached hydrogens (tertiary/aromatic N) is 1. The number of aliphatic carboxylic acids is 1. The SMILES string of the molecule is NC(=O)C1CCN(C(=O)NC2CCCC(C(=O)O)C2)CC1. The summed E-state index contributed by atoms with van der Waals surface area (Å²) in [5.74, 6) is -1.58. The second kappa shape index (κ2) is 6.78. The number of carbonyl (C=O) groups excluding carboxylic acids is 2. The number of primary amides is 1. The number of carbonyl (C=O) groups is 3. The minimum Gasteiger partial charge on any atom is -0.481 e. The van der Waals surface area contributed by atoms with Gasteiger partial charge in [-0.2, -0.15) is 0 Å². The van der Waals surface area contributed by atoms with E-state index in [0.29, 0.717) is 38.8 Å². The van der Waals surface area contributed by atoms with Gasteiger partial charge in [-0.25, -0.2) is 4.79 Å². The molecule has 118 valence electrons. The van der Waals surface area contributed by atoms with Crippen LogP contribution in [0.3, 0.4) is 0 Å². The van der Waals surface area contributed by atoms with E-state index in [0.717, 1.165) is 12.8 Å². The molecule has 2 fully saturated rings. The smallest absolute Gasteiger partial charge is 0.317 e. The molecule has 0 aromatic carbocycles. The van der Waals surface area contributed by atoms with Gasteiger partial charge in [0.2, 0.25) is 5.91 Å². The van der Waals surface area contributed by atoms with Crippen LogP contribution >= 0.6 is 0 Å². The van der Waals surface area contributed by atoms with Gasteiger partial charge in [0.25, 0.3) is 0 Å². The molecule has 1 heterocycles. The summed E-state index contributed by atoms with van der Waals surface area (Å²) in [7, 11) is 0. The summed E-state index contributed by atoms with van der Waals surface area (Å²) in [6.07, 6.45) is 4.04. The van der Waals surface area contributed by atoms with Crippen LogP contribution in [0.2, 0.25) is 0 Å². The molecule has 21 heavy (non-hydrogen) atoms. The van der Waals surface area contributed by atoms with Crippen molar-refractivity contribution in [3.63, 3.8) is 0 Å². The number of nitrogens with one attached hydrogen (secondary N) is 1. The van der Waals surface area contributed by atoms with Crippen molar-refractivity contribution in [2.45, 2.75) is 44.6 Å². The molecule has 0 radical (unpaired) electrons. The van der Waals surface area contributed by atoms with E-state index in [1.807, 2.05) is 0 Å². The van der Waals surface area contributed by atoms with Crippen LogP contribution in [-0.4, -0.2) is 47.0 Å². The van der Waals surface area contributed by atoms with Gasteiger partial charge in [-0.1, -0.05) is 6.42 Å². The molecule has 1 aliphatic carbocycles. The number of nitrogens with two attached hydrogens (primary N) is 1. The second-order valence-corrected chi connectivity index (χ2v) is 6.01. The Morgan fingerprint density at radius 3 is 2.29 bits per heavy atom. The first kappa shape index (κ1) is 15.6. The standard InChI is InChI=1S/C14H23N3O4/c15-12(18)9-4-6-17(7-5-9)14(21)16-11-3-1-2-10(8-11)13(19)20/h9-11H,1-8H2,(H2,15,18)(H,16,21)(H,19,20). The number of rotatable bonds is 3. The first-order valence-corrected chi connectivity index (χ1v) is 7.55. The molecule has 7 nitrogen and oxygen atoms in total. The van der Waals surface area contributed by atoms with Gasteiger partial charge < -0.3 is 21.1 Å². The molecular formula is C14H23N3O4. The summed E-state index contributed by atoms with van der Waals surface area (Å²) >= 11 is 0. The maximum Gasteiger partial charge on any atom is 0.317 e. The van der Waals surface area contributed by atoms with Gasteiger partial charge >= 0.3 is 12.0 Å². The lowest BCUT2D eigenvalue weighted by atomic mass is 9.86. The van der Waals surface area contributed by atoms with Crippen LogP contribution in [0.5, 0.6) is 0 Å². The van der Waals surface area contributed by atoms with Crippen LogP contribution in [0.25, 0.3) is 0 Å². The van der Waals surface area contributed by atoms with E-state index in [2.05, 4.69) is 5.32 Å². The van der Waals surface area contributed by atoms with Crippen LogP contribution in [0.15, 0.2) is 0 Å². The molecule has 0 aromatic heterocycles. The van der Waals surface area contributed by atoms with Gasteiger partial charge in [0.15, 0.2) is 0 Å². The fraction of sp³-hybridized carbons (Fsp3) is 0.786. The van der Waals surface area contributed by atoms with E-state index in [1.54, 1.807) is 4.90 Å². The fourth-order valence-corrected chi connectivity index (χ4v) is 3.18. The number of carboxylic acids is 1. The maximum absolute atomic E-state index is 12.2. The van der Waals surface area contributed by atoms with Crippen molar-refractivity contribution in [2.75, 3.05) is 13.1 Å². The average molecular weight is 297 g/mol. The maximum atomic E-state index is 12.2. The Labute approximate surface area is 123 Å².